The summed E-state index contributed by atoms with van der Waals surface area (Å²) in [6, 6.07) is 10.7. The Bertz CT molecular complexity index is 351. The first-order valence-electron chi connectivity index (χ1n) is 5.67. The van der Waals surface area contributed by atoms with Gasteiger partial charge >= 0.3 is 0 Å². The quantitative estimate of drug-likeness (QED) is 0.664. The van der Waals surface area contributed by atoms with Gasteiger partial charge in [-0.05, 0) is 25.8 Å². The Labute approximate surface area is 92.4 Å². The van der Waals surface area contributed by atoms with E-state index in [0.717, 1.165) is 13.1 Å². The summed E-state index contributed by atoms with van der Waals surface area (Å²) in [5.41, 5.74) is 4.56. The fraction of sp³-hybridized carbons (Fsp3) is 0.429. The van der Waals surface area contributed by atoms with Gasteiger partial charge in [-0.2, -0.15) is 0 Å². The van der Waals surface area contributed by atoms with E-state index in [9.17, 15) is 0 Å². The molecule has 0 amide bonds. The summed E-state index contributed by atoms with van der Waals surface area (Å²) >= 11 is 0. The molecule has 0 fully saturated rings. The minimum absolute atomic E-state index is 1.09. The van der Waals surface area contributed by atoms with Crippen molar-refractivity contribution in [2.45, 2.75) is 26.8 Å². The molecular weight excluding hydrogens is 182 g/mol. The van der Waals surface area contributed by atoms with Crippen LogP contribution in [0.4, 0.5) is 0 Å². The predicted octanol–water partition coefficient (Wildman–Crippen LogP) is 3.23. The lowest BCUT2D eigenvalue weighted by atomic mass is 10.0. The SMILES string of the molecule is CC1=C(C)CN(Cc2ccccc2)CC1. The van der Waals surface area contributed by atoms with Crippen LogP contribution in [0.5, 0.6) is 0 Å². The molecule has 0 radical (unpaired) electrons. The van der Waals surface area contributed by atoms with Gasteiger partial charge in [-0.15, -0.1) is 0 Å². The molecule has 1 aromatic rings. The standard InChI is InChI=1S/C14H19N/c1-12-8-9-15(10-13(12)2)11-14-6-4-3-5-7-14/h3-7H,8-11H2,1-2H3. The van der Waals surface area contributed by atoms with Gasteiger partial charge in [0.1, 0.15) is 0 Å². The molecule has 0 saturated carbocycles. The molecule has 2 rings (SSSR count). The van der Waals surface area contributed by atoms with Crippen LogP contribution in [0.2, 0.25) is 0 Å². The van der Waals surface area contributed by atoms with Gasteiger partial charge in [0.05, 0.1) is 0 Å². The predicted molar refractivity (Wildman–Crippen MR) is 64.7 cm³/mol. The van der Waals surface area contributed by atoms with Gasteiger partial charge in [0.15, 0.2) is 0 Å². The van der Waals surface area contributed by atoms with Crippen molar-refractivity contribution in [1.29, 1.82) is 0 Å². The van der Waals surface area contributed by atoms with Crippen LogP contribution in [0.15, 0.2) is 41.5 Å². The maximum atomic E-state index is 2.53. The lowest BCUT2D eigenvalue weighted by molar-refractivity contribution is 0.277. The van der Waals surface area contributed by atoms with E-state index in [2.05, 4.69) is 49.1 Å². The van der Waals surface area contributed by atoms with Gasteiger partial charge in [-0.25, -0.2) is 0 Å². The average Bonchev–Trinajstić information content (AvgIpc) is 2.25. The zero-order chi connectivity index (χ0) is 10.7. The number of rotatable bonds is 2. The topological polar surface area (TPSA) is 3.24 Å². The van der Waals surface area contributed by atoms with E-state index >= 15 is 0 Å². The molecule has 0 N–H and O–H groups in total. The smallest absolute Gasteiger partial charge is 0.0237 e. The average molecular weight is 201 g/mol. The van der Waals surface area contributed by atoms with Crippen molar-refractivity contribution in [3.05, 3.63) is 47.0 Å². The molecule has 0 bridgehead atoms. The summed E-state index contributed by atoms with van der Waals surface area (Å²) in [6.45, 7) is 7.95. The maximum absolute atomic E-state index is 2.53. The van der Waals surface area contributed by atoms with E-state index in [0.29, 0.717) is 0 Å². The molecule has 0 atom stereocenters. The van der Waals surface area contributed by atoms with Crippen molar-refractivity contribution in [1.82, 2.24) is 4.90 Å². The van der Waals surface area contributed by atoms with Crippen LogP contribution in [0, 0.1) is 0 Å². The summed E-state index contributed by atoms with van der Waals surface area (Å²) in [5.74, 6) is 0. The fourth-order valence-corrected chi connectivity index (χ4v) is 2.07. The van der Waals surface area contributed by atoms with Crippen molar-refractivity contribution in [2.24, 2.45) is 0 Å². The lowest BCUT2D eigenvalue weighted by Crippen LogP contribution is -2.30. The highest BCUT2D eigenvalue weighted by Gasteiger charge is 2.13. The van der Waals surface area contributed by atoms with Gasteiger partial charge in [0, 0.05) is 19.6 Å². The Morgan fingerprint density at radius 2 is 1.80 bits per heavy atom. The second kappa shape index (κ2) is 4.63. The molecule has 0 unspecified atom stereocenters. The molecule has 0 aliphatic carbocycles. The zero-order valence-electron chi connectivity index (χ0n) is 9.66. The third kappa shape index (κ3) is 2.69. The number of hydrogen-bond acceptors (Lipinski definition) is 1. The zero-order valence-corrected chi connectivity index (χ0v) is 9.66. The van der Waals surface area contributed by atoms with Crippen molar-refractivity contribution in [3.8, 4) is 0 Å². The maximum Gasteiger partial charge on any atom is 0.0237 e. The molecule has 15 heavy (non-hydrogen) atoms. The van der Waals surface area contributed by atoms with Crippen LogP contribution >= 0.6 is 0 Å². The molecule has 80 valence electrons. The molecule has 1 heterocycles. The molecule has 1 aromatic carbocycles. The van der Waals surface area contributed by atoms with E-state index in [1.165, 1.54) is 18.5 Å². The van der Waals surface area contributed by atoms with Gasteiger partial charge in [-0.3, -0.25) is 4.90 Å². The molecule has 0 saturated heterocycles. The number of benzene rings is 1. The van der Waals surface area contributed by atoms with Gasteiger partial charge in [0.25, 0.3) is 0 Å². The minimum Gasteiger partial charge on any atom is -0.295 e. The summed E-state index contributed by atoms with van der Waals surface area (Å²) < 4.78 is 0. The largest absolute Gasteiger partial charge is 0.295 e. The van der Waals surface area contributed by atoms with E-state index in [-0.39, 0.29) is 0 Å². The van der Waals surface area contributed by atoms with Crippen LogP contribution in [-0.4, -0.2) is 18.0 Å². The normalized spacial score (nSPS) is 18.3. The summed E-state index contributed by atoms with van der Waals surface area (Å²) in [5, 5.41) is 0. The lowest BCUT2D eigenvalue weighted by Gasteiger charge is -2.28. The Kier molecular flexibility index (Phi) is 3.22. The first-order chi connectivity index (χ1) is 7.25. The molecule has 0 spiro atoms. The summed E-state index contributed by atoms with van der Waals surface area (Å²) in [4.78, 5) is 2.53. The highest BCUT2D eigenvalue weighted by atomic mass is 15.1. The Balaban J connectivity index is 1.98. The molecule has 1 aliphatic rings. The van der Waals surface area contributed by atoms with E-state index in [4.69, 9.17) is 0 Å². The molecule has 1 nitrogen and oxygen atoms in total. The summed E-state index contributed by atoms with van der Waals surface area (Å²) in [7, 11) is 0. The first kappa shape index (κ1) is 10.4. The number of nitrogens with zero attached hydrogens (tertiary/aromatic N) is 1. The second-order valence-electron chi connectivity index (χ2n) is 4.51. The Morgan fingerprint density at radius 3 is 2.47 bits per heavy atom. The van der Waals surface area contributed by atoms with Crippen LogP contribution in [0.3, 0.4) is 0 Å². The molecule has 0 aromatic heterocycles. The second-order valence-corrected chi connectivity index (χ2v) is 4.51. The summed E-state index contributed by atoms with van der Waals surface area (Å²) in [6.07, 6.45) is 1.23. The minimum atomic E-state index is 1.09. The monoisotopic (exact) mass is 201 g/mol. The molecule has 1 aliphatic heterocycles. The van der Waals surface area contributed by atoms with Crippen LogP contribution < -0.4 is 0 Å². The van der Waals surface area contributed by atoms with Crippen molar-refractivity contribution < 1.29 is 0 Å². The Hall–Kier alpha value is -1.08. The van der Waals surface area contributed by atoms with Crippen LogP contribution in [0.25, 0.3) is 0 Å². The van der Waals surface area contributed by atoms with Gasteiger partial charge in [-0.1, -0.05) is 41.5 Å². The highest BCUT2D eigenvalue weighted by molar-refractivity contribution is 5.18. The molecule has 1 heteroatoms. The number of hydrogen-bond donors (Lipinski definition) is 0. The van der Waals surface area contributed by atoms with E-state index in [1.54, 1.807) is 11.1 Å². The van der Waals surface area contributed by atoms with Crippen LogP contribution in [-0.2, 0) is 6.54 Å². The van der Waals surface area contributed by atoms with Crippen molar-refractivity contribution >= 4 is 0 Å². The fourth-order valence-electron chi connectivity index (χ4n) is 2.07. The third-order valence-electron chi connectivity index (χ3n) is 3.24. The highest BCUT2D eigenvalue weighted by Crippen LogP contribution is 2.18. The van der Waals surface area contributed by atoms with E-state index in [1.807, 2.05) is 0 Å². The van der Waals surface area contributed by atoms with Crippen LogP contribution in [0.1, 0.15) is 25.8 Å². The van der Waals surface area contributed by atoms with Gasteiger partial charge in [0.2, 0.25) is 0 Å². The van der Waals surface area contributed by atoms with E-state index < -0.39 is 0 Å². The van der Waals surface area contributed by atoms with Crippen molar-refractivity contribution in [2.75, 3.05) is 13.1 Å². The van der Waals surface area contributed by atoms with Gasteiger partial charge < -0.3 is 0 Å². The first-order valence-corrected chi connectivity index (χ1v) is 5.67. The third-order valence-corrected chi connectivity index (χ3v) is 3.24. The molecular formula is C14H19N. The Morgan fingerprint density at radius 1 is 1.07 bits per heavy atom. The van der Waals surface area contributed by atoms with Crippen molar-refractivity contribution in [3.63, 3.8) is 0 Å².